The van der Waals surface area contributed by atoms with Gasteiger partial charge in [-0.05, 0) is 13.0 Å². The first-order valence-corrected chi connectivity index (χ1v) is 5.18. The van der Waals surface area contributed by atoms with E-state index in [9.17, 15) is 0 Å². The molecule has 0 saturated carbocycles. The summed E-state index contributed by atoms with van der Waals surface area (Å²) in [5.41, 5.74) is 0.567. The van der Waals surface area contributed by atoms with E-state index in [1.165, 1.54) is 0 Å². The van der Waals surface area contributed by atoms with Crippen molar-refractivity contribution >= 4 is 5.95 Å². The molecule has 0 spiro atoms. The van der Waals surface area contributed by atoms with Gasteiger partial charge in [-0.25, -0.2) is 4.98 Å². The average Bonchev–Trinajstić information content (AvgIpc) is 2.81. The van der Waals surface area contributed by atoms with Crippen molar-refractivity contribution in [3.8, 4) is 18.2 Å². The summed E-state index contributed by atoms with van der Waals surface area (Å²) >= 11 is 0. The summed E-state index contributed by atoms with van der Waals surface area (Å²) in [6.07, 6.45) is 7.97. The Morgan fingerprint density at radius 2 is 2.56 bits per heavy atom. The molecule has 5 heteroatoms. The molecule has 1 fully saturated rings. The van der Waals surface area contributed by atoms with E-state index in [0.717, 1.165) is 19.5 Å². The van der Waals surface area contributed by atoms with Gasteiger partial charge in [0.05, 0.1) is 13.3 Å². The number of rotatable bonds is 3. The maximum Gasteiger partial charge on any atom is 0.234 e. The Kier molecular flexibility index (Phi) is 3.22. The summed E-state index contributed by atoms with van der Waals surface area (Å²) in [6, 6.07) is 0.376. The molecule has 0 bridgehead atoms. The zero-order valence-electron chi connectivity index (χ0n) is 9.16. The van der Waals surface area contributed by atoms with Gasteiger partial charge in [-0.15, -0.1) is 6.42 Å². The van der Waals surface area contributed by atoms with E-state index >= 15 is 0 Å². The number of ether oxygens (including phenoxy) is 1. The Balaban J connectivity index is 2.13. The molecule has 1 saturated heterocycles. The van der Waals surface area contributed by atoms with Gasteiger partial charge in [0, 0.05) is 12.6 Å². The molecule has 0 radical (unpaired) electrons. The summed E-state index contributed by atoms with van der Waals surface area (Å²) in [5, 5.41) is 6.50. The Labute approximate surface area is 94.6 Å². The monoisotopic (exact) mass is 218 g/mol. The van der Waals surface area contributed by atoms with Crippen molar-refractivity contribution in [1.29, 1.82) is 0 Å². The predicted molar refractivity (Wildman–Crippen MR) is 61.4 cm³/mol. The number of methoxy groups -OCH3 is 1. The number of nitrogens with one attached hydrogen (secondary N) is 2. The molecule has 0 aromatic carbocycles. The number of hydrogen-bond acceptors (Lipinski definition) is 5. The fourth-order valence-corrected chi connectivity index (χ4v) is 1.65. The minimum Gasteiger partial charge on any atom is -0.480 e. The van der Waals surface area contributed by atoms with Crippen LogP contribution >= 0.6 is 0 Å². The van der Waals surface area contributed by atoms with E-state index in [0.29, 0.717) is 23.4 Å². The Bertz CT molecular complexity index is 407. The first-order valence-electron chi connectivity index (χ1n) is 5.18. The fraction of sp³-hybridized carbons (Fsp3) is 0.455. The van der Waals surface area contributed by atoms with Gasteiger partial charge in [-0.1, -0.05) is 5.92 Å². The summed E-state index contributed by atoms with van der Waals surface area (Å²) in [6.45, 7) is 1.96. The lowest BCUT2D eigenvalue weighted by molar-refractivity contribution is 0.396. The number of anilines is 1. The van der Waals surface area contributed by atoms with E-state index in [1.807, 2.05) is 0 Å². The van der Waals surface area contributed by atoms with Crippen LogP contribution in [0.1, 0.15) is 12.0 Å². The number of aromatic nitrogens is 2. The molecule has 0 amide bonds. The Hall–Kier alpha value is -1.80. The van der Waals surface area contributed by atoms with Crippen molar-refractivity contribution < 1.29 is 4.74 Å². The van der Waals surface area contributed by atoms with Gasteiger partial charge in [0.2, 0.25) is 11.8 Å². The molecule has 1 aliphatic rings. The SMILES string of the molecule is C#Cc1cnc(NC2CCNC2)nc1OC. The van der Waals surface area contributed by atoms with E-state index in [-0.39, 0.29) is 0 Å². The zero-order chi connectivity index (χ0) is 11.4. The second-order valence-electron chi connectivity index (χ2n) is 3.59. The van der Waals surface area contributed by atoms with Gasteiger partial charge >= 0.3 is 0 Å². The molecular weight excluding hydrogens is 204 g/mol. The normalized spacial score (nSPS) is 19.1. The second kappa shape index (κ2) is 4.81. The van der Waals surface area contributed by atoms with Gasteiger partial charge in [-0.2, -0.15) is 4.98 Å². The molecule has 5 nitrogen and oxygen atoms in total. The lowest BCUT2D eigenvalue weighted by atomic mass is 10.3. The van der Waals surface area contributed by atoms with Crippen molar-refractivity contribution in [1.82, 2.24) is 15.3 Å². The van der Waals surface area contributed by atoms with Crippen LogP contribution in [0, 0.1) is 12.3 Å². The van der Waals surface area contributed by atoms with Crippen LogP contribution < -0.4 is 15.4 Å². The quantitative estimate of drug-likeness (QED) is 0.712. The van der Waals surface area contributed by atoms with Gasteiger partial charge in [0.1, 0.15) is 5.56 Å². The van der Waals surface area contributed by atoms with Gasteiger partial charge in [-0.3, -0.25) is 0 Å². The third kappa shape index (κ3) is 2.23. The third-order valence-corrected chi connectivity index (χ3v) is 2.50. The van der Waals surface area contributed by atoms with Crippen LogP contribution in [0.3, 0.4) is 0 Å². The molecule has 16 heavy (non-hydrogen) atoms. The number of terminal acetylenes is 1. The predicted octanol–water partition coefficient (Wildman–Crippen LogP) is 0.240. The molecule has 1 aromatic rings. The highest BCUT2D eigenvalue weighted by Gasteiger charge is 2.15. The zero-order valence-corrected chi connectivity index (χ0v) is 9.16. The molecule has 1 unspecified atom stereocenters. The van der Waals surface area contributed by atoms with Crippen LogP contribution in [0.4, 0.5) is 5.95 Å². The lowest BCUT2D eigenvalue weighted by Crippen LogP contribution is -2.23. The van der Waals surface area contributed by atoms with Crippen molar-refractivity contribution in [2.75, 3.05) is 25.5 Å². The highest BCUT2D eigenvalue weighted by atomic mass is 16.5. The van der Waals surface area contributed by atoms with Crippen molar-refractivity contribution in [2.24, 2.45) is 0 Å². The van der Waals surface area contributed by atoms with Gasteiger partial charge in [0.15, 0.2) is 0 Å². The molecule has 2 N–H and O–H groups in total. The highest BCUT2D eigenvalue weighted by molar-refractivity contribution is 5.42. The summed E-state index contributed by atoms with van der Waals surface area (Å²) in [5.74, 6) is 3.47. The average molecular weight is 218 g/mol. The summed E-state index contributed by atoms with van der Waals surface area (Å²) in [4.78, 5) is 8.36. The van der Waals surface area contributed by atoms with Crippen LogP contribution in [0.2, 0.25) is 0 Å². The molecule has 1 aliphatic heterocycles. The minimum atomic E-state index is 0.376. The topological polar surface area (TPSA) is 59.1 Å². The molecule has 2 heterocycles. The smallest absolute Gasteiger partial charge is 0.234 e. The second-order valence-corrected chi connectivity index (χ2v) is 3.59. The van der Waals surface area contributed by atoms with Gasteiger partial charge in [0.25, 0.3) is 0 Å². The summed E-state index contributed by atoms with van der Waals surface area (Å²) < 4.78 is 5.09. The van der Waals surface area contributed by atoms with Crippen molar-refractivity contribution in [3.05, 3.63) is 11.8 Å². The first-order chi connectivity index (χ1) is 7.83. The van der Waals surface area contributed by atoms with Crippen LogP contribution in [-0.4, -0.2) is 36.2 Å². The third-order valence-electron chi connectivity index (χ3n) is 2.50. The maximum absolute atomic E-state index is 5.30. The van der Waals surface area contributed by atoms with Crippen LogP contribution in [-0.2, 0) is 0 Å². The van der Waals surface area contributed by atoms with Gasteiger partial charge < -0.3 is 15.4 Å². The molecule has 2 rings (SSSR count). The molecule has 1 aromatic heterocycles. The molecule has 84 valence electrons. The number of nitrogens with zero attached hydrogens (tertiary/aromatic N) is 2. The van der Waals surface area contributed by atoms with Crippen molar-refractivity contribution in [3.63, 3.8) is 0 Å². The van der Waals surface area contributed by atoms with E-state index in [2.05, 4.69) is 26.5 Å². The first kappa shape index (κ1) is 10.7. The molecular formula is C11H14N4O. The number of hydrogen-bond donors (Lipinski definition) is 2. The maximum atomic E-state index is 5.30. The fourth-order valence-electron chi connectivity index (χ4n) is 1.65. The molecule has 1 atom stereocenters. The standard InChI is InChI=1S/C11H14N4O/c1-3-8-6-13-11(15-10(8)16-2)14-9-4-5-12-7-9/h1,6,9,12H,4-5,7H2,2H3,(H,13,14,15). The highest BCUT2D eigenvalue weighted by Crippen LogP contribution is 2.15. The molecule has 0 aliphatic carbocycles. The summed E-state index contributed by atoms with van der Waals surface area (Å²) in [7, 11) is 1.55. The van der Waals surface area contributed by atoms with E-state index < -0.39 is 0 Å². The largest absolute Gasteiger partial charge is 0.480 e. The Morgan fingerprint density at radius 3 is 3.19 bits per heavy atom. The van der Waals surface area contributed by atoms with Crippen LogP contribution in [0.5, 0.6) is 5.88 Å². The minimum absolute atomic E-state index is 0.376. The van der Waals surface area contributed by atoms with E-state index in [1.54, 1.807) is 13.3 Å². The van der Waals surface area contributed by atoms with E-state index in [4.69, 9.17) is 11.2 Å². The van der Waals surface area contributed by atoms with Crippen LogP contribution in [0.15, 0.2) is 6.20 Å². The Morgan fingerprint density at radius 1 is 1.69 bits per heavy atom. The lowest BCUT2D eigenvalue weighted by Gasteiger charge is -2.11. The van der Waals surface area contributed by atoms with Crippen LogP contribution in [0.25, 0.3) is 0 Å². The van der Waals surface area contributed by atoms with Crippen molar-refractivity contribution in [2.45, 2.75) is 12.5 Å².